The fraction of sp³-hybridized carbons (Fsp3) is 0.923. The van der Waals surface area contributed by atoms with E-state index in [9.17, 15) is 24.6 Å². The number of hydrogen-bond donors (Lipinski definition) is 4. The summed E-state index contributed by atoms with van der Waals surface area (Å²) in [6, 6.07) is -0.691. The number of primary amides is 1. The van der Waals surface area contributed by atoms with E-state index in [2.05, 4.69) is 46.9 Å². The summed E-state index contributed by atoms with van der Waals surface area (Å²) in [6.07, 6.45) is 69.6. The first kappa shape index (κ1) is 104. The van der Waals surface area contributed by atoms with Crippen molar-refractivity contribution in [3.63, 3.8) is 0 Å². The summed E-state index contributed by atoms with van der Waals surface area (Å²) in [4.78, 5) is 112. The molecule has 0 rings (SSSR count). The molecule has 17 heteroatoms. The van der Waals surface area contributed by atoms with Crippen LogP contribution in [0.4, 0.5) is 0 Å². The van der Waals surface area contributed by atoms with E-state index in [4.69, 9.17) is 5.73 Å². The molecule has 0 atom stereocenters. The molecule has 0 spiro atoms. The van der Waals surface area contributed by atoms with Gasteiger partial charge >= 0.3 is 0 Å². The van der Waals surface area contributed by atoms with Crippen LogP contribution in [0.2, 0.25) is 0 Å². The van der Waals surface area contributed by atoms with Crippen molar-refractivity contribution in [2.24, 2.45) is 5.73 Å². The monoisotopic (exact) mass is 1530 g/mol. The minimum Gasteiger partial charge on any atom is -0.395 e. The standard InChI is InChI=1S/C91H178N8O9/c1-7-13-19-25-31-37-41-42-43-44-45-46-50-53-58-64-70-95(86(103)75-93-84(82-100)83-101)77-88(105)97(72-65-59-52-36-30-24-18-12-6)79-90(107)99(74-68-62-56-49-40-34-28-22-16-10-4)81-91(108)98(73-67-61-55-48-39-33-27-21-15-9-3)80-89(106)96(71-66-60-54-47-38-32-26-20-14-8-2)78-87(104)94(76-85(92)102)69-63-57-51-35-29-23-17-11-5/h84,93,100-101H,7-83H2,1-6H3,(H2,92,102). The SMILES string of the molecule is CCCCCCCCCCCCCCCCCCN(CC(=O)N(CCCCCCCCCC)CC(=O)N(CCCCCCCCCCCC)CC(=O)N(CCCCCCCCCCCC)CC(=O)N(CCCCCCCCCCCC)CC(=O)N(CCCCCCCCCC)CC(N)=O)C(=O)CNC(CO)CO. The van der Waals surface area contributed by atoms with Gasteiger partial charge in [-0.3, -0.25) is 33.6 Å². The number of nitrogens with one attached hydrogen (secondary N) is 1. The first-order valence-electron chi connectivity index (χ1n) is 46.7. The van der Waals surface area contributed by atoms with E-state index < -0.39 is 11.9 Å². The number of aliphatic hydroxyl groups excluding tert-OH is 2. The Bertz CT molecular complexity index is 2070. The number of nitrogens with two attached hydrogens (primary N) is 1. The van der Waals surface area contributed by atoms with Gasteiger partial charge in [-0.1, -0.05) is 401 Å². The normalized spacial score (nSPS) is 11.5. The van der Waals surface area contributed by atoms with Gasteiger partial charge in [0.05, 0.1) is 65.1 Å². The second-order valence-electron chi connectivity index (χ2n) is 32.6. The summed E-state index contributed by atoms with van der Waals surface area (Å²) in [5.74, 6) is -2.60. The molecule has 0 fully saturated rings. The predicted molar refractivity (Wildman–Crippen MR) is 455 cm³/mol. The summed E-state index contributed by atoms with van der Waals surface area (Å²) in [5.41, 5.74) is 5.81. The highest BCUT2D eigenvalue weighted by molar-refractivity contribution is 5.93. The van der Waals surface area contributed by atoms with E-state index in [0.29, 0.717) is 71.4 Å². The molecule has 0 saturated carbocycles. The number of carbonyl (C=O) groups is 7. The molecule has 0 heterocycles. The van der Waals surface area contributed by atoms with E-state index in [0.717, 1.165) is 141 Å². The number of carbonyl (C=O) groups excluding carboxylic acids is 7. The minimum atomic E-state index is -0.691. The summed E-state index contributed by atoms with van der Waals surface area (Å²) in [5, 5.41) is 22.8. The van der Waals surface area contributed by atoms with Gasteiger partial charge in [0.15, 0.2) is 0 Å². The van der Waals surface area contributed by atoms with Crippen LogP contribution >= 0.6 is 0 Å². The molecular formula is C91H178N8O9. The third kappa shape index (κ3) is 64.7. The van der Waals surface area contributed by atoms with Gasteiger partial charge in [0.1, 0.15) is 0 Å². The lowest BCUT2D eigenvalue weighted by Gasteiger charge is -2.32. The second-order valence-corrected chi connectivity index (χ2v) is 32.6. The van der Waals surface area contributed by atoms with Crippen molar-refractivity contribution in [3.05, 3.63) is 0 Å². The Morgan fingerprint density at radius 3 is 0.509 bits per heavy atom. The lowest BCUT2D eigenvalue weighted by atomic mass is 10.0. The summed E-state index contributed by atoms with van der Waals surface area (Å²) < 4.78 is 0. The van der Waals surface area contributed by atoms with Crippen LogP contribution < -0.4 is 11.1 Å². The quantitative estimate of drug-likeness (QED) is 0.0422. The number of unbranched alkanes of at least 4 members (excludes halogenated alkanes) is 56. The zero-order valence-electron chi connectivity index (χ0n) is 72.0. The molecule has 0 aliphatic rings. The fourth-order valence-corrected chi connectivity index (χ4v) is 14.9. The van der Waals surface area contributed by atoms with Gasteiger partial charge in [0.2, 0.25) is 41.4 Å². The lowest BCUT2D eigenvalue weighted by molar-refractivity contribution is -0.148. The highest BCUT2D eigenvalue weighted by Gasteiger charge is 2.30. The number of amides is 7. The van der Waals surface area contributed by atoms with Crippen molar-refractivity contribution < 1.29 is 43.8 Å². The fourth-order valence-electron chi connectivity index (χ4n) is 14.9. The Balaban J connectivity index is 7.34. The number of aliphatic hydroxyl groups is 2. The lowest BCUT2D eigenvalue weighted by Crippen LogP contribution is -2.52. The van der Waals surface area contributed by atoms with Gasteiger partial charge in [0, 0.05) is 39.3 Å². The van der Waals surface area contributed by atoms with Gasteiger partial charge in [-0.05, 0) is 38.5 Å². The molecule has 0 bridgehead atoms. The van der Waals surface area contributed by atoms with Crippen molar-refractivity contribution in [2.45, 2.75) is 446 Å². The molecule has 0 radical (unpaired) electrons. The molecule has 108 heavy (non-hydrogen) atoms. The zero-order chi connectivity index (χ0) is 79.2. The molecule has 17 nitrogen and oxygen atoms in total. The number of rotatable bonds is 85. The average Bonchev–Trinajstić information content (AvgIpc) is 0.861. The Hall–Kier alpha value is -3.83. The highest BCUT2D eigenvalue weighted by Crippen LogP contribution is 2.20. The molecule has 0 aliphatic heterocycles. The maximum absolute atomic E-state index is 15.4. The van der Waals surface area contributed by atoms with Crippen molar-refractivity contribution in [2.75, 3.05) is 98.3 Å². The third-order valence-electron chi connectivity index (χ3n) is 22.3. The molecule has 0 saturated heterocycles. The molecule has 5 N–H and O–H groups in total. The topological polar surface area (TPSA) is 217 Å². The van der Waals surface area contributed by atoms with Crippen molar-refractivity contribution in [3.8, 4) is 0 Å². The van der Waals surface area contributed by atoms with Crippen molar-refractivity contribution in [1.29, 1.82) is 0 Å². The van der Waals surface area contributed by atoms with Gasteiger partial charge in [-0.25, -0.2) is 0 Å². The van der Waals surface area contributed by atoms with Gasteiger partial charge < -0.3 is 50.7 Å². The highest BCUT2D eigenvalue weighted by atomic mass is 16.3. The minimum absolute atomic E-state index is 0.164. The molecule has 636 valence electrons. The first-order chi connectivity index (χ1) is 52.8. The molecule has 0 aromatic carbocycles. The smallest absolute Gasteiger partial charge is 0.242 e. The molecular weight excluding hydrogens is 1350 g/mol. The molecule has 7 amide bonds. The van der Waals surface area contributed by atoms with Crippen LogP contribution in [0.1, 0.15) is 440 Å². The molecule has 0 unspecified atom stereocenters. The second kappa shape index (κ2) is 79.8. The maximum atomic E-state index is 15.4. The van der Waals surface area contributed by atoms with Crippen LogP contribution in [0.15, 0.2) is 0 Å². The van der Waals surface area contributed by atoms with E-state index in [-0.39, 0.29) is 94.5 Å². The van der Waals surface area contributed by atoms with Gasteiger partial charge in [-0.15, -0.1) is 0 Å². The molecule has 0 aromatic rings. The van der Waals surface area contributed by atoms with Gasteiger partial charge in [0.25, 0.3) is 0 Å². The van der Waals surface area contributed by atoms with E-state index in [1.165, 1.54) is 230 Å². The number of nitrogens with zero attached hydrogens (tertiary/aromatic N) is 6. The van der Waals surface area contributed by atoms with Crippen molar-refractivity contribution in [1.82, 2.24) is 34.7 Å². The van der Waals surface area contributed by atoms with Crippen LogP contribution in [0, 0.1) is 0 Å². The van der Waals surface area contributed by atoms with Gasteiger partial charge in [-0.2, -0.15) is 0 Å². The first-order valence-corrected chi connectivity index (χ1v) is 46.7. The Morgan fingerprint density at radius 2 is 0.361 bits per heavy atom. The number of hydrogen-bond acceptors (Lipinski definition) is 10. The average molecular weight is 1530 g/mol. The molecule has 0 aromatic heterocycles. The Kier molecular flexibility index (Phi) is 77.0. The van der Waals surface area contributed by atoms with Crippen LogP contribution in [-0.2, 0) is 33.6 Å². The van der Waals surface area contributed by atoms with E-state index in [1.807, 2.05) is 0 Å². The summed E-state index contributed by atoms with van der Waals surface area (Å²) in [7, 11) is 0. The van der Waals surface area contributed by atoms with Crippen LogP contribution in [0.3, 0.4) is 0 Å². The van der Waals surface area contributed by atoms with Crippen LogP contribution in [0.5, 0.6) is 0 Å². The Labute approximate surface area is 666 Å². The van der Waals surface area contributed by atoms with Crippen LogP contribution in [-0.4, -0.2) is 185 Å². The predicted octanol–water partition coefficient (Wildman–Crippen LogP) is 20.7. The maximum Gasteiger partial charge on any atom is 0.242 e. The third-order valence-corrected chi connectivity index (χ3v) is 22.3. The Morgan fingerprint density at radius 1 is 0.222 bits per heavy atom. The zero-order valence-corrected chi connectivity index (χ0v) is 72.0. The summed E-state index contributed by atoms with van der Waals surface area (Å²) >= 11 is 0. The van der Waals surface area contributed by atoms with Crippen LogP contribution in [0.25, 0.3) is 0 Å². The van der Waals surface area contributed by atoms with Crippen molar-refractivity contribution >= 4 is 41.4 Å². The largest absolute Gasteiger partial charge is 0.395 e. The van der Waals surface area contributed by atoms with E-state index in [1.54, 1.807) is 24.5 Å². The molecule has 0 aliphatic carbocycles. The summed E-state index contributed by atoms with van der Waals surface area (Å²) in [6.45, 7) is 13.1. The van der Waals surface area contributed by atoms with E-state index >= 15 is 19.2 Å².